The summed E-state index contributed by atoms with van der Waals surface area (Å²) >= 11 is 7.60. The number of thiocarbonyl (C=S) groups is 1. The Labute approximate surface area is 219 Å². The zero-order chi connectivity index (χ0) is 24.3. The number of anilines is 1. The minimum atomic E-state index is -0.0986. The Morgan fingerprint density at radius 2 is 1.56 bits per heavy atom. The molecule has 0 aliphatic carbocycles. The van der Waals surface area contributed by atoms with Gasteiger partial charge in [-0.2, -0.15) is 10.2 Å². The molecule has 7 heteroatoms. The topological polar surface area (TPSA) is 45.5 Å². The smallest absolute Gasteiger partial charge is 0.194 e. The molecular formula is C29H23N5S2. The molecule has 1 aliphatic rings. The van der Waals surface area contributed by atoms with Gasteiger partial charge in [-0.05, 0) is 47.9 Å². The summed E-state index contributed by atoms with van der Waals surface area (Å²) in [6, 6.07) is 34.6. The molecule has 0 unspecified atom stereocenters. The lowest BCUT2D eigenvalue weighted by Gasteiger charge is -2.24. The van der Waals surface area contributed by atoms with Crippen molar-refractivity contribution in [3.8, 4) is 16.9 Å². The molecular weight excluding hydrogens is 482 g/mol. The number of hydrogen-bond acceptors (Lipinski definition) is 4. The average Bonchev–Trinajstić information content (AvgIpc) is 3.70. The van der Waals surface area contributed by atoms with Gasteiger partial charge >= 0.3 is 0 Å². The Bertz CT molecular complexity index is 1490. The van der Waals surface area contributed by atoms with Crippen LogP contribution in [0.2, 0.25) is 0 Å². The van der Waals surface area contributed by atoms with Crippen molar-refractivity contribution in [3.63, 3.8) is 0 Å². The van der Waals surface area contributed by atoms with E-state index in [9.17, 15) is 0 Å². The Hall–Kier alpha value is -4.07. The highest BCUT2D eigenvalue weighted by Gasteiger charge is 2.35. The lowest BCUT2D eigenvalue weighted by atomic mass is 9.98. The summed E-state index contributed by atoms with van der Waals surface area (Å²) in [4.78, 5) is 1.15. The minimum absolute atomic E-state index is 0.0986. The van der Waals surface area contributed by atoms with Gasteiger partial charge in [0.05, 0.1) is 28.0 Å². The maximum Gasteiger partial charge on any atom is 0.194 e. The van der Waals surface area contributed by atoms with Gasteiger partial charge in [0.25, 0.3) is 0 Å². The summed E-state index contributed by atoms with van der Waals surface area (Å²) in [6.45, 7) is 0. The number of nitrogens with one attached hydrogen (secondary N) is 1. The number of rotatable bonds is 5. The van der Waals surface area contributed by atoms with E-state index in [0.717, 1.165) is 45.2 Å². The maximum atomic E-state index is 5.90. The third kappa shape index (κ3) is 4.46. The van der Waals surface area contributed by atoms with Gasteiger partial charge in [0.1, 0.15) is 0 Å². The first kappa shape index (κ1) is 22.4. The van der Waals surface area contributed by atoms with E-state index < -0.39 is 0 Å². The molecule has 0 radical (unpaired) electrons. The van der Waals surface area contributed by atoms with E-state index in [1.54, 1.807) is 11.3 Å². The van der Waals surface area contributed by atoms with Crippen molar-refractivity contribution in [1.82, 2.24) is 14.8 Å². The van der Waals surface area contributed by atoms with Crippen LogP contribution in [-0.4, -0.2) is 25.6 Å². The SMILES string of the molecule is S=C(Nc1ccccc1)N1N=C(c2cccs2)C[C@@H]1c1cn(-c2ccccc2)nc1-c1ccccc1. The summed E-state index contributed by atoms with van der Waals surface area (Å²) in [5.74, 6) is 0. The van der Waals surface area contributed by atoms with Gasteiger partial charge in [0.15, 0.2) is 5.11 Å². The first-order chi connectivity index (χ1) is 17.8. The van der Waals surface area contributed by atoms with E-state index in [0.29, 0.717) is 5.11 Å². The van der Waals surface area contributed by atoms with E-state index in [1.807, 2.05) is 76.4 Å². The molecule has 6 rings (SSSR count). The first-order valence-corrected chi connectivity index (χ1v) is 13.0. The maximum absolute atomic E-state index is 5.90. The van der Waals surface area contributed by atoms with E-state index in [2.05, 4.69) is 53.3 Å². The van der Waals surface area contributed by atoms with Gasteiger partial charge in [-0.3, -0.25) is 0 Å². The fourth-order valence-corrected chi connectivity index (χ4v) is 5.41. The van der Waals surface area contributed by atoms with Gasteiger partial charge < -0.3 is 5.32 Å². The third-order valence-corrected chi connectivity index (χ3v) is 7.33. The number of para-hydroxylation sites is 2. The van der Waals surface area contributed by atoms with Gasteiger partial charge in [-0.1, -0.05) is 72.8 Å². The highest BCUT2D eigenvalue weighted by atomic mass is 32.1. The van der Waals surface area contributed by atoms with Crippen LogP contribution in [0.15, 0.2) is 120 Å². The number of nitrogens with zero attached hydrogens (tertiary/aromatic N) is 4. The van der Waals surface area contributed by atoms with E-state index in [-0.39, 0.29) is 6.04 Å². The number of hydrogen-bond donors (Lipinski definition) is 1. The number of benzene rings is 3. The van der Waals surface area contributed by atoms with E-state index in [1.165, 1.54) is 0 Å². The second-order valence-corrected chi connectivity index (χ2v) is 9.80. The summed E-state index contributed by atoms with van der Waals surface area (Å²) in [5, 5.41) is 18.0. The molecule has 36 heavy (non-hydrogen) atoms. The monoisotopic (exact) mass is 505 g/mol. The second-order valence-electron chi connectivity index (χ2n) is 8.46. The fourth-order valence-electron chi connectivity index (χ4n) is 4.40. The molecule has 3 heterocycles. The molecule has 0 fully saturated rings. The average molecular weight is 506 g/mol. The zero-order valence-electron chi connectivity index (χ0n) is 19.4. The van der Waals surface area contributed by atoms with Crippen LogP contribution < -0.4 is 5.32 Å². The number of aromatic nitrogens is 2. The largest absolute Gasteiger partial charge is 0.331 e. The molecule has 0 saturated carbocycles. The van der Waals surface area contributed by atoms with E-state index >= 15 is 0 Å². The van der Waals surface area contributed by atoms with Crippen LogP contribution in [0.3, 0.4) is 0 Å². The van der Waals surface area contributed by atoms with Crippen molar-refractivity contribution >= 4 is 40.1 Å². The van der Waals surface area contributed by atoms with Crippen LogP contribution in [0.25, 0.3) is 16.9 Å². The summed E-state index contributed by atoms with van der Waals surface area (Å²) in [6.07, 6.45) is 2.85. The molecule has 0 saturated heterocycles. The Morgan fingerprint density at radius 1 is 0.861 bits per heavy atom. The van der Waals surface area contributed by atoms with Crippen molar-refractivity contribution in [2.75, 3.05) is 5.32 Å². The Balaban J connectivity index is 1.44. The second kappa shape index (κ2) is 9.89. The van der Waals surface area contributed by atoms with Crippen molar-refractivity contribution < 1.29 is 0 Å². The molecule has 3 aromatic carbocycles. The quantitative estimate of drug-likeness (QED) is 0.258. The van der Waals surface area contributed by atoms with Crippen LogP contribution >= 0.6 is 23.6 Å². The first-order valence-electron chi connectivity index (χ1n) is 11.7. The minimum Gasteiger partial charge on any atom is -0.331 e. The predicted octanol–water partition coefficient (Wildman–Crippen LogP) is 7.15. The fraction of sp³-hybridized carbons (Fsp3) is 0.0690. The predicted molar refractivity (Wildman–Crippen MR) is 152 cm³/mol. The molecule has 0 bridgehead atoms. The molecule has 5 nitrogen and oxygen atoms in total. The molecule has 1 atom stereocenters. The zero-order valence-corrected chi connectivity index (χ0v) is 21.0. The standard InChI is InChI=1S/C29H23N5S2/c35-29(30-22-13-6-2-7-14-22)34-26(19-25(31-34)27-17-10-18-36-27)24-20-33(23-15-8-3-9-16-23)32-28(24)21-11-4-1-5-12-21/h1-18,20,26H,19H2,(H,30,35)/t26-/m1/s1. The molecule has 1 N–H and O–H groups in total. The lowest BCUT2D eigenvalue weighted by Crippen LogP contribution is -2.31. The summed E-state index contributed by atoms with van der Waals surface area (Å²) in [7, 11) is 0. The van der Waals surface area contributed by atoms with Crippen LogP contribution in [0.1, 0.15) is 22.9 Å². The van der Waals surface area contributed by atoms with Crippen molar-refractivity contribution in [3.05, 3.63) is 125 Å². The molecule has 176 valence electrons. The summed E-state index contributed by atoms with van der Waals surface area (Å²) < 4.78 is 1.95. The van der Waals surface area contributed by atoms with Gasteiger partial charge in [0, 0.05) is 29.4 Å². The van der Waals surface area contributed by atoms with Crippen LogP contribution in [0, 0.1) is 0 Å². The Morgan fingerprint density at radius 3 is 2.25 bits per heavy atom. The Kier molecular flexibility index (Phi) is 6.15. The summed E-state index contributed by atoms with van der Waals surface area (Å²) in [5.41, 5.74) is 6.05. The van der Waals surface area contributed by atoms with E-state index in [4.69, 9.17) is 22.4 Å². The molecule has 5 aromatic rings. The number of hydrazone groups is 1. The van der Waals surface area contributed by atoms with Gasteiger partial charge in [-0.15, -0.1) is 11.3 Å². The highest BCUT2D eigenvalue weighted by molar-refractivity contribution is 7.80. The van der Waals surface area contributed by atoms with Crippen molar-refractivity contribution in [1.29, 1.82) is 0 Å². The molecule has 0 amide bonds. The normalized spacial score (nSPS) is 15.1. The molecule has 2 aromatic heterocycles. The lowest BCUT2D eigenvalue weighted by molar-refractivity contribution is 0.376. The van der Waals surface area contributed by atoms with Crippen molar-refractivity contribution in [2.45, 2.75) is 12.5 Å². The van der Waals surface area contributed by atoms with Gasteiger partial charge in [0.2, 0.25) is 0 Å². The molecule has 1 aliphatic heterocycles. The molecule has 0 spiro atoms. The van der Waals surface area contributed by atoms with Crippen LogP contribution in [0.5, 0.6) is 0 Å². The highest BCUT2D eigenvalue weighted by Crippen LogP contribution is 2.39. The van der Waals surface area contributed by atoms with Crippen LogP contribution in [-0.2, 0) is 0 Å². The van der Waals surface area contributed by atoms with Gasteiger partial charge in [-0.25, -0.2) is 9.69 Å². The van der Waals surface area contributed by atoms with Crippen LogP contribution in [0.4, 0.5) is 5.69 Å². The third-order valence-electron chi connectivity index (χ3n) is 6.12. The van der Waals surface area contributed by atoms with Crippen molar-refractivity contribution in [2.24, 2.45) is 5.10 Å². The number of thiophene rings is 1.